The third-order valence-electron chi connectivity index (χ3n) is 5.16. The molecule has 2 fully saturated rings. The van der Waals surface area contributed by atoms with Crippen LogP contribution in [0.3, 0.4) is 0 Å². The molecule has 1 spiro atoms. The third kappa shape index (κ3) is 2.74. The lowest BCUT2D eigenvalue weighted by molar-refractivity contribution is -0.140. The number of carbonyl (C=O) groups is 2. The fourth-order valence-corrected chi connectivity index (χ4v) is 4.12. The number of aryl methyl sites for hydroxylation is 1. The molecule has 1 atom stereocenters. The van der Waals surface area contributed by atoms with E-state index in [1.165, 1.54) is 18.4 Å². The Hall–Kier alpha value is -1.64. The van der Waals surface area contributed by atoms with E-state index >= 15 is 0 Å². The first kappa shape index (κ1) is 14.3. The van der Waals surface area contributed by atoms with Crippen LogP contribution in [0.4, 0.5) is 0 Å². The van der Waals surface area contributed by atoms with Crippen molar-refractivity contribution in [2.75, 3.05) is 0 Å². The van der Waals surface area contributed by atoms with Gasteiger partial charge >= 0.3 is 0 Å². The summed E-state index contributed by atoms with van der Waals surface area (Å²) in [5.74, 6) is -0.365. The second-order valence-electron chi connectivity index (χ2n) is 6.71. The lowest BCUT2D eigenvalue weighted by Crippen LogP contribution is -2.50. The van der Waals surface area contributed by atoms with E-state index in [2.05, 4.69) is 36.5 Å². The van der Waals surface area contributed by atoms with Crippen molar-refractivity contribution < 1.29 is 9.59 Å². The highest BCUT2D eigenvalue weighted by molar-refractivity contribution is 6.02. The summed E-state index contributed by atoms with van der Waals surface area (Å²) in [4.78, 5) is 24.5. The van der Waals surface area contributed by atoms with Gasteiger partial charge in [0, 0.05) is 6.42 Å². The summed E-state index contributed by atoms with van der Waals surface area (Å²) in [7, 11) is 0. The van der Waals surface area contributed by atoms with Crippen LogP contribution in [0.1, 0.15) is 62.0 Å². The summed E-state index contributed by atoms with van der Waals surface area (Å²) in [6, 6.07) is 8.23. The summed E-state index contributed by atoms with van der Waals surface area (Å²) >= 11 is 0. The van der Waals surface area contributed by atoms with Crippen LogP contribution in [0.5, 0.6) is 0 Å². The number of carbonyl (C=O) groups excluding carboxylic acids is 2. The summed E-state index contributed by atoms with van der Waals surface area (Å²) in [5, 5.41) is 2.56. The van der Waals surface area contributed by atoms with Gasteiger partial charge in [-0.05, 0) is 30.7 Å². The van der Waals surface area contributed by atoms with Crippen LogP contribution >= 0.6 is 0 Å². The minimum Gasteiger partial charge on any atom is -0.296 e. The quantitative estimate of drug-likeness (QED) is 0.803. The van der Waals surface area contributed by atoms with Crippen LogP contribution in [0.2, 0.25) is 0 Å². The molecule has 3 nitrogen and oxygen atoms in total. The van der Waals surface area contributed by atoms with E-state index in [1.807, 2.05) is 0 Å². The molecule has 112 valence electrons. The molecule has 1 aliphatic carbocycles. The molecule has 1 saturated heterocycles. The van der Waals surface area contributed by atoms with E-state index in [0.717, 1.165) is 31.2 Å². The minimum atomic E-state index is -0.172. The van der Waals surface area contributed by atoms with E-state index < -0.39 is 0 Å². The molecule has 21 heavy (non-hydrogen) atoms. The van der Waals surface area contributed by atoms with Gasteiger partial charge in [0.05, 0.1) is 5.92 Å². The number of rotatable bonds is 1. The summed E-state index contributed by atoms with van der Waals surface area (Å²) in [5.41, 5.74) is 2.10. The summed E-state index contributed by atoms with van der Waals surface area (Å²) in [6.45, 7) is 2.05. The van der Waals surface area contributed by atoms with E-state index in [0.29, 0.717) is 6.42 Å². The average molecular weight is 285 g/mol. The zero-order chi connectivity index (χ0) is 14.9. The predicted octanol–water partition coefficient (Wildman–Crippen LogP) is 3.47. The van der Waals surface area contributed by atoms with Crippen molar-refractivity contribution in [3.05, 3.63) is 35.4 Å². The normalized spacial score (nSPS) is 25.5. The predicted molar refractivity (Wildman–Crippen MR) is 81.8 cm³/mol. The maximum Gasteiger partial charge on any atom is 0.234 e. The van der Waals surface area contributed by atoms with Crippen molar-refractivity contribution in [3.63, 3.8) is 0 Å². The molecule has 0 radical (unpaired) electrons. The van der Waals surface area contributed by atoms with Gasteiger partial charge in [0.2, 0.25) is 11.8 Å². The Balaban J connectivity index is 2.01. The highest BCUT2D eigenvalue weighted by Gasteiger charge is 2.48. The fourth-order valence-electron chi connectivity index (χ4n) is 4.12. The number of amides is 2. The van der Waals surface area contributed by atoms with Crippen molar-refractivity contribution in [2.24, 2.45) is 5.41 Å². The van der Waals surface area contributed by atoms with E-state index in [1.54, 1.807) is 0 Å². The Labute approximate surface area is 126 Å². The Bertz CT molecular complexity index is 539. The van der Waals surface area contributed by atoms with Gasteiger partial charge in [-0.3, -0.25) is 14.9 Å². The Morgan fingerprint density at radius 1 is 1.00 bits per heavy atom. The zero-order valence-corrected chi connectivity index (χ0v) is 12.7. The van der Waals surface area contributed by atoms with Gasteiger partial charge in [-0.1, -0.05) is 55.5 Å². The highest BCUT2D eigenvalue weighted by atomic mass is 16.2. The van der Waals surface area contributed by atoms with Gasteiger partial charge in [-0.2, -0.15) is 0 Å². The van der Waals surface area contributed by atoms with Crippen molar-refractivity contribution in [1.29, 1.82) is 0 Å². The van der Waals surface area contributed by atoms with Crippen LogP contribution < -0.4 is 5.32 Å². The monoisotopic (exact) mass is 285 g/mol. The molecule has 3 heteroatoms. The van der Waals surface area contributed by atoms with Gasteiger partial charge < -0.3 is 0 Å². The molecular formula is C18H23NO2. The van der Waals surface area contributed by atoms with Gasteiger partial charge in [0.15, 0.2) is 0 Å². The molecule has 0 bridgehead atoms. The molecule has 1 heterocycles. The summed E-state index contributed by atoms with van der Waals surface area (Å²) < 4.78 is 0. The maximum atomic E-state index is 12.5. The van der Waals surface area contributed by atoms with Crippen molar-refractivity contribution in [1.82, 2.24) is 5.32 Å². The van der Waals surface area contributed by atoms with Crippen molar-refractivity contribution >= 4 is 11.8 Å². The van der Waals surface area contributed by atoms with Crippen molar-refractivity contribution in [3.8, 4) is 0 Å². The van der Waals surface area contributed by atoms with Crippen LogP contribution in [-0.2, 0) is 9.59 Å². The zero-order valence-electron chi connectivity index (χ0n) is 12.7. The van der Waals surface area contributed by atoms with Gasteiger partial charge in [-0.15, -0.1) is 0 Å². The van der Waals surface area contributed by atoms with Crippen LogP contribution in [-0.4, -0.2) is 11.8 Å². The fraction of sp³-hybridized carbons (Fsp3) is 0.556. The molecule has 1 unspecified atom stereocenters. The second-order valence-corrected chi connectivity index (χ2v) is 6.71. The summed E-state index contributed by atoms with van der Waals surface area (Å²) in [6.07, 6.45) is 7.18. The lowest BCUT2D eigenvalue weighted by Gasteiger charge is -2.42. The number of imide groups is 1. The highest BCUT2D eigenvalue weighted by Crippen LogP contribution is 2.50. The molecule has 2 amide bonds. The number of hydrogen-bond acceptors (Lipinski definition) is 2. The van der Waals surface area contributed by atoms with Gasteiger partial charge in [0.1, 0.15) is 0 Å². The second kappa shape index (κ2) is 5.63. The van der Waals surface area contributed by atoms with Crippen molar-refractivity contribution in [2.45, 2.75) is 57.8 Å². The first-order valence-electron chi connectivity index (χ1n) is 8.01. The average Bonchev–Trinajstić information content (AvgIpc) is 2.66. The smallest absolute Gasteiger partial charge is 0.234 e. The lowest BCUT2D eigenvalue weighted by atomic mass is 9.63. The Morgan fingerprint density at radius 2 is 1.62 bits per heavy atom. The number of nitrogens with one attached hydrogen (secondary N) is 1. The number of benzene rings is 1. The van der Waals surface area contributed by atoms with Gasteiger partial charge in [-0.25, -0.2) is 0 Å². The van der Waals surface area contributed by atoms with E-state index in [-0.39, 0.29) is 23.1 Å². The molecule has 1 aliphatic heterocycles. The van der Waals surface area contributed by atoms with E-state index in [4.69, 9.17) is 0 Å². The van der Waals surface area contributed by atoms with Crippen LogP contribution in [0.15, 0.2) is 24.3 Å². The van der Waals surface area contributed by atoms with E-state index in [9.17, 15) is 9.59 Å². The Morgan fingerprint density at radius 3 is 2.24 bits per heavy atom. The topological polar surface area (TPSA) is 46.2 Å². The Kier molecular flexibility index (Phi) is 3.83. The molecule has 1 aromatic carbocycles. The molecule has 0 aromatic heterocycles. The SMILES string of the molecule is Cc1ccc(C2C(=O)NC(=O)CC23CCCCCC3)cc1. The standard InChI is InChI=1S/C18H23NO2/c1-13-6-8-14(9-7-13)16-17(21)19-15(20)12-18(16)10-4-2-3-5-11-18/h6-9,16H,2-5,10-12H2,1H3,(H,19,20,21). The molecular weight excluding hydrogens is 262 g/mol. The first-order valence-corrected chi connectivity index (χ1v) is 8.01. The molecule has 1 N–H and O–H groups in total. The number of piperidine rings is 1. The molecule has 2 aliphatic rings. The minimum absolute atomic E-state index is 0.0924. The third-order valence-corrected chi connectivity index (χ3v) is 5.16. The number of hydrogen-bond donors (Lipinski definition) is 1. The van der Waals surface area contributed by atoms with Gasteiger partial charge in [0.25, 0.3) is 0 Å². The van der Waals surface area contributed by atoms with Crippen LogP contribution in [0, 0.1) is 12.3 Å². The largest absolute Gasteiger partial charge is 0.296 e. The molecule has 3 rings (SSSR count). The molecule has 1 aromatic rings. The van der Waals surface area contributed by atoms with Crippen LogP contribution in [0.25, 0.3) is 0 Å². The first-order chi connectivity index (χ1) is 10.1. The molecule has 1 saturated carbocycles. The maximum absolute atomic E-state index is 12.5.